The maximum Gasteiger partial charge on any atom is 0.341 e. The molecule has 1 atom stereocenters. The Labute approximate surface area is 275 Å². The zero-order valence-electron chi connectivity index (χ0n) is 27.3. The summed E-state index contributed by atoms with van der Waals surface area (Å²) in [5.74, 6) is -2.85. The van der Waals surface area contributed by atoms with Crippen molar-refractivity contribution in [1.82, 2.24) is 19.0 Å². The predicted molar refractivity (Wildman–Crippen MR) is 181 cm³/mol. The molecule has 11 nitrogen and oxygen atoms in total. The molecule has 1 saturated heterocycles. The summed E-state index contributed by atoms with van der Waals surface area (Å²) in [6, 6.07) is 8.06. The molecule has 0 bridgehead atoms. The van der Waals surface area contributed by atoms with E-state index in [9.17, 15) is 24.3 Å². The lowest BCUT2D eigenvalue weighted by Crippen LogP contribution is -2.52. The highest BCUT2D eigenvalue weighted by Crippen LogP contribution is 2.40. The van der Waals surface area contributed by atoms with Crippen molar-refractivity contribution in [3.63, 3.8) is 0 Å². The van der Waals surface area contributed by atoms with Crippen LogP contribution in [0.4, 0.5) is 26.0 Å². The number of aromatic carboxylic acids is 1. The summed E-state index contributed by atoms with van der Waals surface area (Å²) in [6.07, 6.45) is 4.79. The number of fused-ring (bicyclic) bond motifs is 1. The normalized spacial score (nSPS) is 16.9. The van der Waals surface area contributed by atoms with E-state index in [0.29, 0.717) is 44.8 Å². The number of carboxylic acid groups (broad SMARTS) is 1. The zero-order valence-corrected chi connectivity index (χ0v) is 27.3. The van der Waals surface area contributed by atoms with Gasteiger partial charge in [0, 0.05) is 56.2 Å². The number of nitrogens with one attached hydrogen (secondary N) is 2. The first-order valence-electron chi connectivity index (χ1n) is 16.5. The number of hydrogen-bond donors (Lipinski definition) is 3. The van der Waals surface area contributed by atoms with E-state index in [0.717, 1.165) is 31.0 Å². The average Bonchev–Trinajstić information content (AvgIpc) is 3.88. The van der Waals surface area contributed by atoms with Gasteiger partial charge in [0.25, 0.3) is 5.56 Å². The fourth-order valence-electron chi connectivity index (χ4n) is 6.71. The molecule has 0 spiro atoms. The highest BCUT2D eigenvalue weighted by atomic mass is 19.1. The van der Waals surface area contributed by atoms with Crippen LogP contribution in [-0.4, -0.2) is 62.3 Å². The van der Waals surface area contributed by atoms with E-state index < -0.39 is 39.8 Å². The molecule has 1 aliphatic heterocycles. The van der Waals surface area contributed by atoms with E-state index in [4.69, 9.17) is 0 Å². The molecule has 1 saturated carbocycles. The Morgan fingerprint density at radius 1 is 1.06 bits per heavy atom. The van der Waals surface area contributed by atoms with Crippen molar-refractivity contribution < 1.29 is 18.7 Å². The second kappa shape index (κ2) is 13.4. The van der Waals surface area contributed by atoms with Crippen molar-refractivity contribution in [3.05, 3.63) is 95.9 Å². The fourth-order valence-corrected chi connectivity index (χ4v) is 6.71. The first-order valence-corrected chi connectivity index (χ1v) is 16.5. The minimum atomic E-state index is -1.43. The maximum atomic E-state index is 16.1. The number of carboxylic acids is 1. The van der Waals surface area contributed by atoms with Crippen LogP contribution >= 0.6 is 0 Å². The Hall–Kier alpha value is -4.78. The zero-order chi connectivity index (χ0) is 34.3. The lowest BCUT2D eigenvalue weighted by Gasteiger charge is -2.41. The largest absolute Gasteiger partial charge is 0.477 e. The number of aromatic nitrogens is 3. The second-order valence-electron chi connectivity index (χ2n) is 12.9. The van der Waals surface area contributed by atoms with Crippen LogP contribution in [0.1, 0.15) is 67.1 Å². The number of nitrogens with zero attached hydrogens (tertiary/aromatic N) is 4. The van der Waals surface area contributed by atoms with Crippen molar-refractivity contribution in [2.24, 2.45) is 0 Å². The molecule has 0 radical (unpaired) electrons. The molecule has 13 heteroatoms. The van der Waals surface area contributed by atoms with Crippen molar-refractivity contribution >= 4 is 34.1 Å². The van der Waals surface area contributed by atoms with Crippen LogP contribution in [0, 0.1) is 18.6 Å². The summed E-state index contributed by atoms with van der Waals surface area (Å²) >= 11 is 0. The summed E-state index contributed by atoms with van der Waals surface area (Å²) in [4.78, 5) is 56.6. The lowest BCUT2D eigenvalue weighted by molar-refractivity contribution is 0.0694. The Bertz CT molecular complexity index is 2040. The Kier molecular flexibility index (Phi) is 9.24. The molecule has 1 aliphatic carbocycles. The van der Waals surface area contributed by atoms with Gasteiger partial charge in [0.2, 0.25) is 5.43 Å². The molecule has 254 valence electrons. The average molecular weight is 663 g/mol. The molecular formula is C35H40F2N6O5. The first kappa shape index (κ1) is 33.1. The molecule has 0 unspecified atom stereocenters. The number of piperazine rings is 1. The Balaban J connectivity index is 1.08. The third kappa shape index (κ3) is 6.51. The molecule has 2 aromatic heterocycles. The Morgan fingerprint density at radius 2 is 1.81 bits per heavy atom. The monoisotopic (exact) mass is 662 g/mol. The number of hydrogen-bond acceptors (Lipinski definition) is 7. The quantitative estimate of drug-likeness (QED) is 0.196. The van der Waals surface area contributed by atoms with Crippen LogP contribution in [0.25, 0.3) is 10.9 Å². The summed E-state index contributed by atoms with van der Waals surface area (Å²) in [7, 11) is 0. The number of anilines is 3. The first-order chi connectivity index (χ1) is 23.0. The Morgan fingerprint density at radius 3 is 2.48 bits per heavy atom. The van der Waals surface area contributed by atoms with Crippen LogP contribution < -0.4 is 26.9 Å². The van der Waals surface area contributed by atoms with Crippen LogP contribution in [-0.2, 0) is 13.0 Å². The fraction of sp³-hybridized carbons (Fsp3) is 0.429. The van der Waals surface area contributed by atoms with Crippen molar-refractivity contribution in [2.75, 3.05) is 36.4 Å². The van der Waals surface area contributed by atoms with Gasteiger partial charge in [-0.1, -0.05) is 13.0 Å². The van der Waals surface area contributed by atoms with Gasteiger partial charge in [-0.05, 0) is 81.8 Å². The van der Waals surface area contributed by atoms with Gasteiger partial charge in [-0.25, -0.2) is 18.4 Å². The molecule has 3 heterocycles. The van der Waals surface area contributed by atoms with E-state index in [-0.39, 0.29) is 35.2 Å². The third-order valence-electron chi connectivity index (χ3n) is 9.54. The number of rotatable bonds is 11. The van der Waals surface area contributed by atoms with E-state index in [1.165, 1.54) is 32.5 Å². The molecule has 2 aliphatic rings. The highest BCUT2D eigenvalue weighted by molar-refractivity contribution is 5.94. The van der Waals surface area contributed by atoms with E-state index in [1.54, 1.807) is 4.90 Å². The van der Waals surface area contributed by atoms with E-state index in [2.05, 4.69) is 22.1 Å². The molecular weight excluding hydrogens is 622 g/mol. The molecule has 2 aromatic carbocycles. The van der Waals surface area contributed by atoms with Crippen LogP contribution in [0.2, 0.25) is 0 Å². The summed E-state index contributed by atoms with van der Waals surface area (Å²) < 4.78 is 34.2. The third-order valence-corrected chi connectivity index (χ3v) is 9.54. The number of carbonyl (C=O) groups is 1. The molecule has 0 amide bonds. The van der Waals surface area contributed by atoms with Crippen LogP contribution in [0.5, 0.6) is 0 Å². The second-order valence-corrected chi connectivity index (χ2v) is 12.9. The van der Waals surface area contributed by atoms with Crippen molar-refractivity contribution in [3.8, 4) is 0 Å². The van der Waals surface area contributed by atoms with E-state index in [1.807, 2.05) is 32.0 Å². The number of unbranched alkanes of at least 4 members (excludes halogenated alkanes) is 1. The number of aryl methyl sites for hydroxylation is 2. The van der Waals surface area contributed by atoms with Gasteiger partial charge in [0.1, 0.15) is 22.9 Å². The van der Waals surface area contributed by atoms with Gasteiger partial charge < -0.3 is 19.9 Å². The van der Waals surface area contributed by atoms with Crippen molar-refractivity contribution in [2.45, 2.75) is 71.5 Å². The van der Waals surface area contributed by atoms with Gasteiger partial charge >= 0.3 is 11.7 Å². The number of benzene rings is 2. The predicted octanol–water partition coefficient (Wildman–Crippen LogP) is 4.77. The maximum absolute atomic E-state index is 16.1. The van der Waals surface area contributed by atoms with Gasteiger partial charge in [0.05, 0.1) is 10.9 Å². The van der Waals surface area contributed by atoms with Crippen molar-refractivity contribution in [1.29, 1.82) is 0 Å². The summed E-state index contributed by atoms with van der Waals surface area (Å²) in [5.41, 5.74) is 0.589. The molecule has 48 heavy (non-hydrogen) atoms. The van der Waals surface area contributed by atoms with Gasteiger partial charge in [-0.15, -0.1) is 0 Å². The summed E-state index contributed by atoms with van der Waals surface area (Å²) in [5, 5.41) is 12.3. The minimum absolute atomic E-state index is 0.0558. The van der Waals surface area contributed by atoms with Crippen LogP contribution in [0.15, 0.2) is 50.9 Å². The molecule has 4 aromatic rings. The molecule has 2 fully saturated rings. The number of H-pyrrole nitrogens is 1. The standard InChI is InChI=1S/C35H40F2N6O5/c1-4-22-15-23(8-7-20(22)2)38-28-17-29(44)42(35(48)39-28)12-6-5-11-40-13-14-41(18-21(40)3)32-27(36)16-25-31(30(32)37)43(24-9-10-24)19-26(33(25)45)34(46)47/h7-8,15-17,19,21,24,38H,4-6,9-14,18H2,1-3H3,(H,39,48)(H,46,47)/t21-/m1/s1. The SMILES string of the molecule is CCc1cc(Nc2cc(=O)n(CCCCN3CCN(c4c(F)cc5c(=O)c(C(=O)O)cn(C6CC6)c5c4F)C[C@H]3C)c(=O)[nH]2)ccc1C. The summed E-state index contributed by atoms with van der Waals surface area (Å²) in [6.45, 7) is 8.24. The molecule has 6 rings (SSSR count). The number of pyridine rings is 1. The number of halogens is 2. The topological polar surface area (TPSA) is 133 Å². The highest BCUT2D eigenvalue weighted by Gasteiger charge is 2.33. The van der Waals surface area contributed by atoms with Gasteiger partial charge in [-0.2, -0.15) is 0 Å². The lowest BCUT2D eigenvalue weighted by atomic mass is 10.1. The van der Waals surface area contributed by atoms with Crippen LogP contribution in [0.3, 0.4) is 0 Å². The smallest absolute Gasteiger partial charge is 0.341 e. The minimum Gasteiger partial charge on any atom is -0.477 e. The molecule has 3 N–H and O–H groups in total. The number of aromatic amines is 1. The van der Waals surface area contributed by atoms with Gasteiger partial charge in [0.15, 0.2) is 5.82 Å². The van der Waals surface area contributed by atoms with E-state index >= 15 is 8.78 Å². The van der Waals surface area contributed by atoms with Gasteiger partial charge in [-0.3, -0.25) is 24.0 Å².